The van der Waals surface area contributed by atoms with Gasteiger partial charge in [0, 0.05) is 17.7 Å². The van der Waals surface area contributed by atoms with Crippen LogP contribution in [0.2, 0.25) is 5.02 Å². The van der Waals surface area contributed by atoms with Crippen molar-refractivity contribution in [2.75, 3.05) is 25.6 Å². The van der Waals surface area contributed by atoms with Crippen LogP contribution in [0, 0.1) is 0 Å². The third-order valence-corrected chi connectivity index (χ3v) is 3.42. The molecule has 0 saturated heterocycles. The standard InChI is InChI=1S/C17H15ClF3NO3/c1-24-7-8-25-15-6-5-12(17(19,20)21)10-14(15)22-16(23)11-3-2-4-13(18)9-11/h2-6,9-10H,7-8H2,1H3,(H,22,23). The largest absolute Gasteiger partial charge is 0.489 e. The predicted octanol–water partition coefficient (Wildman–Crippen LogP) is 4.64. The molecule has 2 rings (SSSR count). The Morgan fingerprint density at radius 3 is 2.56 bits per heavy atom. The fourth-order valence-corrected chi connectivity index (χ4v) is 2.18. The van der Waals surface area contributed by atoms with Crippen molar-refractivity contribution in [3.63, 3.8) is 0 Å². The molecule has 4 nitrogen and oxygen atoms in total. The van der Waals surface area contributed by atoms with Gasteiger partial charge in [-0.05, 0) is 36.4 Å². The van der Waals surface area contributed by atoms with Gasteiger partial charge in [-0.25, -0.2) is 0 Å². The van der Waals surface area contributed by atoms with Crippen molar-refractivity contribution in [1.29, 1.82) is 0 Å². The number of ether oxygens (including phenoxy) is 2. The van der Waals surface area contributed by atoms with Gasteiger partial charge in [-0.15, -0.1) is 0 Å². The molecule has 1 N–H and O–H groups in total. The Balaban J connectivity index is 2.29. The van der Waals surface area contributed by atoms with E-state index in [1.165, 1.54) is 19.2 Å². The molecule has 2 aromatic carbocycles. The summed E-state index contributed by atoms with van der Waals surface area (Å²) in [5.41, 5.74) is -0.767. The average molecular weight is 374 g/mol. The average Bonchev–Trinajstić information content (AvgIpc) is 2.55. The van der Waals surface area contributed by atoms with Crippen molar-refractivity contribution in [2.45, 2.75) is 6.18 Å². The van der Waals surface area contributed by atoms with Crippen molar-refractivity contribution >= 4 is 23.2 Å². The molecule has 0 spiro atoms. The molecule has 0 saturated carbocycles. The first-order valence-electron chi connectivity index (χ1n) is 7.21. The second kappa shape index (κ2) is 8.22. The summed E-state index contributed by atoms with van der Waals surface area (Å²) in [4.78, 5) is 12.3. The first kappa shape index (κ1) is 19.1. The smallest absolute Gasteiger partial charge is 0.416 e. The Hall–Kier alpha value is -2.25. The van der Waals surface area contributed by atoms with Gasteiger partial charge in [0.15, 0.2) is 0 Å². The zero-order valence-corrected chi connectivity index (χ0v) is 13.9. The molecule has 0 radical (unpaired) electrons. The van der Waals surface area contributed by atoms with E-state index in [1.807, 2.05) is 0 Å². The maximum atomic E-state index is 12.9. The highest BCUT2D eigenvalue weighted by Gasteiger charge is 2.31. The molecular weight excluding hydrogens is 359 g/mol. The highest BCUT2D eigenvalue weighted by atomic mass is 35.5. The molecule has 0 aliphatic carbocycles. The maximum absolute atomic E-state index is 12.9. The monoisotopic (exact) mass is 373 g/mol. The number of anilines is 1. The van der Waals surface area contributed by atoms with Crippen LogP contribution in [0.5, 0.6) is 5.75 Å². The van der Waals surface area contributed by atoms with Gasteiger partial charge >= 0.3 is 6.18 Å². The molecule has 1 amide bonds. The molecule has 0 aliphatic rings. The Morgan fingerprint density at radius 2 is 1.92 bits per heavy atom. The molecule has 0 bridgehead atoms. The number of amides is 1. The highest BCUT2D eigenvalue weighted by molar-refractivity contribution is 6.31. The summed E-state index contributed by atoms with van der Waals surface area (Å²) in [6, 6.07) is 8.94. The quantitative estimate of drug-likeness (QED) is 0.751. The summed E-state index contributed by atoms with van der Waals surface area (Å²) in [7, 11) is 1.47. The SMILES string of the molecule is COCCOc1ccc(C(F)(F)F)cc1NC(=O)c1cccc(Cl)c1. The lowest BCUT2D eigenvalue weighted by Crippen LogP contribution is -2.15. The molecule has 0 atom stereocenters. The van der Waals surface area contributed by atoms with E-state index in [0.717, 1.165) is 18.2 Å². The molecule has 0 aromatic heterocycles. The van der Waals surface area contributed by atoms with E-state index < -0.39 is 17.6 Å². The summed E-state index contributed by atoms with van der Waals surface area (Å²) in [5.74, 6) is -0.487. The van der Waals surface area contributed by atoms with Crippen molar-refractivity contribution in [3.05, 3.63) is 58.6 Å². The Bertz CT molecular complexity index is 750. The minimum absolute atomic E-state index is 0.0871. The summed E-state index contributed by atoms with van der Waals surface area (Å²) in [5, 5.41) is 2.77. The number of rotatable bonds is 6. The van der Waals surface area contributed by atoms with E-state index in [4.69, 9.17) is 21.1 Å². The van der Waals surface area contributed by atoms with E-state index in [-0.39, 0.29) is 30.2 Å². The van der Waals surface area contributed by atoms with E-state index in [1.54, 1.807) is 12.1 Å². The lowest BCUT2D eigenvalue weighted by molar-refractivity contribution is -0.137. The van der Waals surface area contributed by atoms with Crippen molar-refractivity contribution < 1.29 is 27.4 Å². The summed E-state index contributed by atoms with van der Waals surface area (Å²) in [6.45, 7) is 0.380. The number of alkyl halides is 3. The van der Waals surface area contributed by atoms with Crippen LogP contribution >= 0.6 is 11.6 Å². The summed E-state index contributed by atoms with van der Waals surface area (Å²) >= 11 is 5.83. The van der Waals surface area contributed by atoms with Gasteiger partial charge in [-0.1, -0.05) is 17.7 Å². The van der Waals surface area contributed by atoms with Gasteiger partial charge in [0.25, 0.3) is 5.91 Å². The van der Waals surface area contributed by atoms with Crippen molar-refractivity contribution in [1.82, 2.24) is 0 Å². The summed E-state index contributed by atoms with van der Waals surface area (Å²) in [6.07, 6.45) is -4.54. The van der Waals surface area contributed by atoms with Gasteiger partial charge in [0.1, 0.15) is 12.4 Å². The number of carbonyl (C=O) groups excluding carboxylic acids is 1. The molecule has 0 fully saturated rings. The topological polar surface area (TPSA) is 47.6 Å². The van der Waals surface area contributed by atoms with Gasteiger partial charge in [0.2, 0.25) is 0 Å². The molecule has 0 aliphatic heterocycles. The predicted molar refractivity (Wildman–Crippen MR) is 88.2 cm³/mol. The van der Waals surface area contributed by atoms with E-state index >= 15 is 0 Å². The van der Waals surface area contributed by atoms with Gasteiger partial charge < -0.3 is 14.8 Å². The third-order valence-electron chi connectivity index (χ3n) is 3.19. The lowest BCUT2D eigenvalue weighted by Gasteiger charge is -2.15. The van der Waals surface area contributed by atoms with E-state index in [0.29, 0.717) is 5.02 Å². The van der Waals surface area contributed by atoms with Crippen LogP contribution < -0.4 is 10.1 Å². The number of carbonyl (C=O) groups is 1. The number of hydrogen-bond donors (Lipinski definition) is 1. The second-order valence-electron chi connectivity index (χ2n) is 5.01. The fourth-order valence-electron chi connectivity index (χ4n) is 1.99. The summed E-state index contributed by atoms with van der Waals surface area (Å²) < 4.78 is 49.0. The van der Waals surface area contributed by atoms with Crippen LogP contribution in [0.3, 0.4) is 0 Å². The first-order valence-corrected chi connectivity index (χ1v) is 7.59. The molecule has 134 valence electrons. The lowest BCUT2D eigenvalue weighted by atomic mass is 10.1. The van der Waals surface area contributed by atoms with Crippen LogP contribution in [0.25, 0.3) is 0 Å². The second-order valence-corrected chi connectivity index (χ2v) is 5.45. The molecule has 25 heavy (non-hydrogen) atoms. The minimum Gasteiger partial charge on any atom is -0.489 e. The molecule has 8 heteroatoms. The minimum atomic E-state index is -4.54. The Labute approximate surface area is 147 Å². The van der Waals surface area contributed by atoms with Gasteiger partial charge in [-0.2, -0.15) is 13.2 Å². The first-order chi connectivity index (χ1) is 11.8. The van der Waals surface area contributed by atoms with Crippen molar-refractivity contribution in [2.24, 2.45) is 0 Å². The van der Waals surface area contributed by atoms with Crippen LogP contribution in [-0.4, -0.2) is 26.2 Å². The van der Waals surface area contributed by atoms with Crippen LogP contribution in [-0.2, 0) is 10.9 Å². The molecule has 0 heterocycles. The van der Waals surface area contributed by atoms with Crippen LogP contribution in [0.1, 0.15) is 15.9 Å². The number of benzene rings is 2. The zero-order chi connectivity index (χ0) is 18.4. The number of halogens is 4. The molecule has 0 unspecified atom stereocenters. The van der Waals surface area contributed by atoms with Crippen molar-refractivity contribution in [3.8, 4) is 5.75 Å². The van der Waals surface area contributed by atoms with Crippen LogP contribution in [0.15, 0.2) is 42.5 Å². The normalized spacial score (nSPS) is 11.2. The number of methoxy groups -OCH3 is 1. The Kier molecular flexibility index (Phi) is 6.27. The van der Waals surface area contributed by atoms with Crippen LogP contribution in [0.4, 0.5) is 18.9 Å². The highest BCUT2D eigenvalue weighted by Crippen LogP contribution is 2.35. The molecule has 2 aromatic rings. The number of hydrogen-bond acceptors (Lipinski definition) is 3. The third kappa shape index (κ3) is 5.37. The maximum Gasteiger partial charge on any atom is 0.416 e. The van der Waals surface area contributed by atoms with E-state index in [9.17, 15) is 18.0 Å². The fraction of sp³-hybridized carbons (Fsp3) is 0.235. The van der Waals surface area contributed by atoms with Gasteiger partial charge in [-0.3, -0.25) is 4.79 Å². The van der Waals surface area contributed by atoms with E-state index in [2.05, 4.69) is 5.32 Å². The molecular formula is C17H15ClF3NO3. The van der Waals surface area contributed by atoms with Gasteiger partial charge in [0.05, 0.1) is 17.9 Å². The number of nitrogens with one attached hydrogen (secondary N) is 1. The zero-order valence-electron chi connectivity index (χ0n) is 13.2. The Morgan fingerprint density at radius 1 is 1.16 bits per heavy atom.